The number of aromatic nitrogens is 2. The average molecular weight is 439 g/mol. The van der Waals surface area contributed by atoms with E-state index in [0.717, 1.165) is 68.9 Å². The third-order valence-corrected chi connectivity index (χ3v) is 7.05. The Kier molecular flexibility index (Phi) is 5.69. The van der Waals surface area contributed by atoms with Crippen molar-refractivity contribution in [1.82, 2.24) is 25.3 Å². The van der Waals surface area contributed by atoms with Gasteiger partial charge in [-0.1, -0.05) is 6.07 Å². The number of rotatable bonds is 3. The highest BCUT2D eigenvalue weighted by Gasteiger charge is 2.29. The molecule has 0 spiro atoms. The second-order valence-corrected chi connectivity index (χ2v) is 9.10. The predicted molar refractivity (Wildman–Crippen MR) is 122 cm³/mol. The first kappa shape index (κ1) is 21.1. The topological polar surface area (TPSA) is 99.6 Å². The van der Waals surface area contributed by atoms with Gasteiger partial charge in [-0.25, -0.2) is 4.68 Å². The van der Waals surface area contributed by atoms with Crippen LogP contribution in [0.25, 0.3) is 10.8 Å². The number of hydrogen-bond acceptors (Lipinski definition) is 7. The number of nitrogens with one attached hydrogen (secondary N) is 2. The van der Waals surface area contributed by atoms with E-state index in [2.05, 4.69) is 31.6 Å². The maximum absolute atomic E-state index is 13.3. The number of carbonyl (C=O) groups is 2. The van der Waals surface area contributed by atoms with Crippen LogP contribution in [-0.2, 0) is 9.59 Å². The molecule has 9 heteroatoms. The van der Waals surface area contributed by atoms with Crippen LogP contribution < -0.4 is 21.1 Å². The Labute approximate surface area is 186 Å². The second kappa shape index (κ2) is 8.63. The molecule has 170 valence electrons. The summed E-state index contributed by atoms with van der Waals surface area (Å²) in [5.41, 5.74) is 1.53. The van der Waals surface area contributed by atoms with E-state index in [9.17, 15) is 14.4 Å². The monoisotopic (exact) mass is 438 g/mol. The van der Waals surface area contributed by atoms with Crippen LogP contribution >= 0.6 is 0 Å². The summed E-state index contributed by atoms with van der Waals surface area (Å²) in [7, 11) is 0. The van der Waals surface area contributed by atoms with Gasteiger partial charge in [-0.15, -0.1) is 0 Å². The van der Waals surface area contributed by atoms with Crippen LogP contribution in [-0.4, -0.2) is 71.8 Å². The number of aryl methyl sites for hydroxylation is 1. The molecule has 0 radical (unpaired) electrons. The molecule has 0 unspecified atom stereocenters. The van der Waals surface area contributed by atoms with Crippen molar-refractivity contribution in [2.75, 3.05) is 44.2 Å². The first-order chi connectivity index (χ1) is 15.5. The maximum atomic E-state index is 13.3. The molecule has 9 nitrogen and oxygen atoms in total. The Morgan fingerprint density at radius 3 is 2.28 bits per heavy atom. The molecule has 3 fully saturated rings. The van der Waals surface area contributed by atoms with E-state index in [1.54, 1.807) is 0 Å². The number of imide groups is 1. The maximum Gasteiger partial charge on any atom is 0.275 e. The summed E-state index contributed by atoms with van der Waals surface area (Å²) in [5, 5.41) is 11.6. The zero-order valence-corrected chi connectivity index (χ0v) is 18.5. The summed E-state index contributed by atoms with van der Waals surface area (Å²) >= 11 is 0. The summed E-state index contributed by atoms with van der Waals surface area (Å²) in [4.78, 5) is 41.9. The Balaban J connectivity index is 1.40. The minimum atomic E-state index is -0.537. The lowest BCUT2D eigenvalue weighted by molar-refractivity contribution is -0.134. The molecular weight excluding hydrogens is 408 g/mol. The van der Waals surface area contributed by atoms with Gasteiger partial charge in [0, 0.05) is 56.4 Å². The molecule has 1 aromatic carbocycles. The number of amides is 2. The van der Waals surface area contributed by atoms with E-state index >= 15 is 0 Å². The van der Waals surface area contributed by atoms with E-state index in [4.69, 9.17) is 0 Å². The second-order valence-electron chi connectivity index (χ2n) is 9.10. The van der Waals surface area contributed by atoms with Crippen molar-refractivity contribution < 1.29 is 9.59 Å². The van der Waals surface area contributed by atoms with Gasteiger partial charge in [-0.3, -0.25) is 24.6 Å². The molecular formula is C23H30N6O3. The molecule has 0 saturated carbocycles. The van der Waals surface area contributed by atoms with Crippen molar-refractivity contribution in [3.8, 4) is 0 Å². The minimum Gasteiger partial charge on any atom is -0.371 e. The number of benzene rings is 1. The van der Waals surface area contributed by atoms with Crippen LogP contribution in [0.15, 0.2) is 23.0 Å². The lowest BCUT2D eigenvalue weighted by Crippen LogP contribution is -2.52. The molecule has 5 rings (SSSR count). The van der Waals surface area contributed by atoms with Crippen molar-refractivity contribution in [2.24, 2.45) is 0 Å². The molecule has 3 saturated heterocycles. The van der Waals surface area contributed by atoms with Crippen LogP contribution in [0.5, 0.6) is 0 Å². The summed E-state index contributed by atoms with van der Waals surface area (Å²) in [5.74, 6) is -0.724. The number of nitrogens with zero attached hydrogens (tertiary/aromatic N) is 4. The Hall–Kier alpha value is -2.78. The Bertz CT molecular complexity index is 1080. The first-order valence-corrected chi connectivity index (χ1v) is 11.5. The molecule has 0 bridgehead atoms. The van der Waals surface area contributed by atoms with Crippen molar-refractivity contribution in [3.63, 3.8) is 0 Å². The molecule has 32 heavy (non-hydrogen) atoms. The van der Waals surface area contributed by atoms with Gasteiger partial charge in [0.25, 0.3) is 5.56 Å². The Morgan fingerprint density at radius 2 is 1.59 bits per heavy atom. The number of anilines is 1. The lowest BCUT2D eigenvalue weighted by Gasteiger charge is -2.41. The highest BCUT2D eigenvalue weighted by Crippen LogP contribution is 2.27. The SMILES string of the molecule is Cc1nn(C2CC(=O)NC(=O)C2)c(=O)c2cc(N3CCC(N4CCNCC4)CC3)ccc12. The van der Waals surface area contributed by atoms with Gasteiger partial charge < -0.3 is 10.2 Å². The van der Waals surface area contributed by atoms with E-state index in [0.29, 0.717) is 11.4 Å². The fraction of sp³-hybridized carbons (Fsp3) is 0.565. The highest BCUT2D eigenvalue weighted by molar-refractivity contribution is 5.98. The quantitative estimate of drug-likeness (QED) is 0.676. The van der Waals surface area contributed by atoms with Gasteiger partial charge >= 0.3 is 0 Å². The zero-order chi connectivity index (χ0) is 22.2. The van der Waals surface area contributed by atoms with Gasteiger partial charge in [-0.2, -0.15) is 5.10 Å². The van der Waals surface area contributed by atoms with Crippen molar-refractivity contribution in [3.05, 3.63) is 34.2 Å². The van der Waals surface area contributed by atoms with E-state index < -0.39 is 6.04 Å². The number of fused-ring (bicyclic) bond motifs is 1. The fourth-order valence-corrected chi connectivity index (χ4v) is 5.32. The van der Waals surface area contributed by atoms with Crippen molar-refractivity contribution in [2.45, 2.75) is 44.7 Å². The highest BCUT2D eigenvalue weighted by atomic mass is 16.2. The lowest BCUT2D eigenvalue weighted by atomic mass is 10.0. The summed E-state index contributed by atoms with van der Waals surface area (Å²) < 4.78 is 1.34. The largest absolute Gasteiger partial charge is 0.371 e. The first-order valence-electron chi connectivity index (χ1n) is 11.5. The molecule has 2 amide bonds. The number of carbonyl (C=O) groups excluding carboxylic acids is 2. The molecule has 2 N–H and O–H groups in total. The summed E-state index contributed by atoms with van der Waals surface area (Å²) in [6, 6.07) is 6.10. The molecule has 4 heterocycles. The van der Waals surface area contributed by atoms with Crippen LogP contribution in [0.1, 0.15) is 37.4 Å². The Morgan fingerprint density at radius 1 is 0.906 bits per heavy atom. The molecule has 1 aromatic heterocycles. The molecule has 3 aliphatic rings. The number of hydrogen-bond donors (Lipinski definition) is 2. The third-order valence-electron chi connectivity index (χ3n) is 7.05. The van der Waals surface area contributed by atoms with E-state index in [1.165, 1.54) is 4.68 Å². The number of piperazine rings is 1. The molecule has 3 aliphatic heterocycles. The smallest absolute Gasteiger partial charge is 0.275 e. The summed E-state index contributed by atoms with van der Waals surface area (Å²) in [6.45, 7) is 8.17. The van der Waals surface area contributed by atoms with Crippen LogP contribution in [0.2, 0.25) is 0 Å². The third kappa shape index (κ3) is 4.02. The van der Waals surface area contributed by atoms with E-state index in [-0.39, 0.29) is 30.2 Å². The van der Waals surface area contributed by atoms with Crippen molar-refractivity contribution >= 4 is 28.3 Å². The molecule has 2 aromatic rings. The van der Waals surface area contributed by atoms with Gasteiger partial charge in [-0.05, 0) is 31.9 Å². The number of piperidine rings is 2. The average Bonchev–Trinajstić information content (AvgIpc) is 2.81. The summed E-state index contributed by atoms with van der Waals surface area (Å²) in [6.07, 6.45) is 2.42. The standard InChI is InChI=1S/C23H30N6O3/c1-15-19-3-2-17(27-8-4-16(5-9-27)28-10-6-24-7-11-28)12-20(19)23(32)29(26-15)18-13-21(30)25-22(31)14-18/h2-3,12,16,18,24H,4-11,13-14H2,1H3,(H,25,30,31). The fourth-order valence-electron chi connectivity index (χ4n) is 5.32. The molecule has 0 aliphatic carbocycles. The molecule has 0 atom stereocenters. The van der Waals surface area contributed by atoms with Gasteiger partial charge in [0.15, 0.2) is 0 Å². The van der Waals surface area contributed by atoms with Gasteiger partial charge in [0.1, 0.15) is 0 Å². The predicted octanol–water partition coefficient (Wildman–Crippen LogP) is 0.557. The van der Waals surface area contributed by atoms with Crippen molar-refractivity contribution in [1.29, 1.82) is 0 Å². The van der Waals surface area contributed by atoms with Crippen LogP contribution in [0, 0.1) is 6.92 Å². The normalized spacial score (nSPS) is 21.8. The van der Waals surface area contributed by atoms with Crippen LogP contribution in [0.4, 0.5) is 5.69 Å². The van der Waals surface area contributed by atoms with Gasteiger partial charge in [0.2, 0.25) is 11.8 Å². The van der Waals surface area contributed by atoms with Crippen LogP contribution in [0.3, 0.4) is 0 Å². The van der Waals surface area contributed by atoms with Gasteiger partial charge in [0.05, 0.1) is 30.0 Å². The zero-order valence-electron chi connectivity index (χ0n) is 18.5. The van der Waals surface area contributed by atoms with E-state index in [1.807, 2.05) is 19.1 Å². The minimum absolute atomic E-state index is 0.0861.